The third-order valence-electron chi connectivity index (χ3n) is 4.49. The van der Waals surface area contributed by atoms with Gasteiger partial charge in [-0.15, -0.1) is 0 Å². The summed E-state index contributed by atoms with van der Waals surface area (Å²) in [6, 6.07) is 15.8. The van der Waals surface area contributed by atoms with Crippen LogP contribution >= 0.6 is 0 Å². The third kappa shape index (κ3) is 4.92. The van der Waals surface area contributed by atoms with Crippen molar-refractivity contribution in [3.8, 4) is 22.8 Å². The van der Waals surface area contributed by atoms with Gasteiger partial charge < -0.3 is 18.6 Å². The summed E-state index contributed by atoms with van der Waals surface area (Å²) in [6.45, 7) is 2.28. The van der Waals surface area contributed by atoms with E-state index in [0.29, 0.717) is 35.2 Å². The molecule has 8 heteroatoms. The zero-order valence-corrected chi connectivity index (χ0v) is 16.8. The number of hydrazone groups is 1. The molecule has 8 nitrogen and oxygen atoms in total. The number of nitrogens with zero attached hydrogens (tertiary/aromatic N) is 1. The Labute approximate surface area is 178 Å². The van der Waals surface area contributed by atoms with Gasteiger partial charge in [0.1, 0.15) is 11.5 Å². The van der Waals surface area contributed by atoms with Crippen molar-refractivity contribution in [2.75, 3.05) is 13.4 Å². The van der Waals surface area contributed by atoms with E-state index in [1.807, 2.05) is 6.07 Å². The Bertz CT molecular complexity index is 1120. The fraction of sp³-hybridized carbons (Fsp3) is 0.174. The van der Waals surface area contributed by atoms with Crippen molar-refractivity contribution < 1.29 is 28.2 Å². The molecule has 158 valence electrons. The molecule has 0 fully saturated rings. The number of fused-ring (bicyclic) bond motifs is 1. The quantitative estimate of drug-likeness (QED) is 0.357. The van der Waals surface area contributed by atoms with E-state index < -0.39 is 0 Å². The Kier molecular flexibility index (Phi) is 5.98. The second-order valence-corrected chi connectivity index (χ2v) is 6.66. The van der Waals surface area contributed by atoms with Gasteiger partial charge in [0, 0.05) is 5.56 Å². The van der Waals surface area contributed by atoms with E-state index in [1.165, 1.54) is 6.21 Å². The van der Waals surface area contributed by atoms with E-state index in [0.717, 1.165) is 11.1 Å². The zero-order chi connectivity index (χ0) is 21.6. The smallest absolute Gasteiger partial charge is 0.338 e. The molecule has 4 rings (SSSR count). The second kappa shape index (κ2) is 9.17. The zero-order valence-electron chi connectivity index (χ0n) is 16.8. The van der Waals surface area contributed by atoms with E-state index >= 15 is 0 Å². The highest BCUT2D eigenvalue weighted by atomic mass is 16.7. The number of esters is 1. The fourth-order valence-corrected chi connectivity index (χ4v) is 3.01. The lowest BCUT2D eigenvalue weighted by Gasteiger charge is -2.02. The maximum atomic E-state index is 12.1. The lowest BCUT2D eigenvalue weighted by molar-refractivity contribution is -0.120. The van der Waals surface area contributed by atoms with Gasteiger partial charge in [-0.25, -0.2) is 10.2 Å². The molecule has 3 aromatic rings. The first-order valence-electron chi connectivity index (χ1n) is 9.70. The van der Waals surface area contributed by atoms with Gasteiger partial charge in [0.25, 0.3) is 0 Å². The van der Waals surface area contributed by atoms with Crippen molar-refractivity contribution in [3.05, 3.63) is 71.5 Å². The number of ether oxygens (including phenoxy) is 3. The highest BCUT2D eigenvalue weighted by molar-refractivity contribution is 5.90. The van der Waals surface area contributed by atoms with Crippen LogP contribution in [0.1, 0.15) is 28.6 Å². The molecule has 1 aliphatic rings. The summed E-state index contributed by atoms with van der Waals surface area (Å²) >= 11 is 0. The Hall–Kier alpha value is -4.07. The lowest BCUT2D eigenvalue weighted by Crippen LogP contribution is -2.19. The molecule has 0 unspecified atom stereocenters. The van der Waals surface area contributed by atoms with Crippen molar-refractivity contribution in [2.24, 2.45) is 5.10 Å². The first-order valence-corrected chi connectivity index (χ1v) is 9.70. The van der Waals surface area contributed by atoms with Gasteiger partial charge in [0.15, 0.2) is 11.5 Å². The molecule has 1 amide bonds. The molecule has 0 spiro atoms. The number of hydrogen-bond donors (Lipinski definition) is 1. The summed E-state index contributed by atoms with van der Waals surface area (Å²) in [5.41, 5.74) is 4.55. The molecular formula is C23H20N2O6. The van der Waals surface area contributed by atoms with E-state index in [1.54, 1.807) is 55.5 Å². The maximum absolute atomic E-state index is 12.1. The average Bonchev–Trinajstić information content (AvgIpc) is 3.43. The monoisotopic (exact) mass is 420 g/mol. The Morgan fingerprint density at radius 3 is 2.68 bits per heavy atom. The van der Waals surface area contributed by atoms with Crippen LogP contribution in [-0.4, -0.2) is 31.5 Å². The van der Waals surface area contributed by atoms with E-state index in [-0.39, 0.29) is 25.1 Å². The first kappa shape index (κ1) is 20.2. The van der Waals surface area contributed by atoms with Crippen molar-refractivity contribution in [3.63, 3.8) is 0 Å². The van der Waals surface area contributed by atoms with Crippen molar-refractivity contribution in [2.45, 2.75) is 13.3 Å². The van der Waals surface area contributed by atoms with Crippen LogP contribution in [0.2, 0.25) is 0 Å². The number of nitrogens with one attached hydrogen (secondary N) is 1. The van der Waals surface area contributed by atoms with Gasteiger partial charge in [0.05, 0.1) is 24.8 Å². The molecule has 0 saturated carbocycles. The Morgan fingerprint density at radius 1 is 1.06 bits per heavy atom. The van der Waals surface area contributed by atoms with Gasteiger partial charge in [0.2, 0.25) is 12.7 Å². The summed E-state index contributed by atoms with van der Waals surface area (Å²) in [5.74, 6) is 1.77. The van der Waals surface area contributed by atoms with Crippen LogP contribution in [0.5, 0.6) is 11.5 Å². The van der Waals surface area contributed by atoms with Crippen LogP contribution in [0.4, 0.5) is 0 Å². The van der Waals surface area contributed by atoms with Gasteiger partial charge in [-0.2, -0.15) is 5.10 Å². The number of carbonyl (C=O) groups is 2. The normalized spacial score (nSPS) is 12.2. The van der Waals surface area contributed by atoms with Gasteiger partial charge in [-0.3, -0.25) is 4.79 Å². The van der Waals surface area contributed by atoms with Crippen LogP contribution < -0.4 is 14.9 Å². The largest absolute Gasteiger partial charge is 0.462 e. The number of carbonyl (C=O) groups excluding carboxylic acids is 2. The molecule has 2 heterocycles. The minimum atomic E-state index is -0.363. The van der Waals surface area contributed by atoms with Gasteiger partial charge in [-0.05, 0) is 48.9 Å². The second-order valence-electron chi connectivity index (χ2n) is 6.66. The molecule has 1 aliphatic heterocycles. The number of amides is 1. The molecule has 0 atom stereocenters. The highest BCUT2D eigenvalue weighted by Crippen LogP contribution is 2.32. The van der Waals surface area contributed by atoms with Gasteiger partial charge >= 0.3 is 5.97 Å². The fourth-order valence-electron chi connectivity index (χ4n) is 3.01. The predicted molar refractivity (Wildman–Crippen MR) is 112 cm³/mol. The topological polar surface area (TPSA) is 99.4 Å². The summed E-state index contributed by atoms with van der Waals surface area (Å²) in [4.78, 5) is 23.8. The van der Waals surface area contributed by atoms with E-state index in [4.69, 9.17) is 18.6 Å². The molecule has 0 bridgehead atoms. The number of benzene rings is 2. The van der Waals surface area contributed by atoms with Crippen molar-refractivity contribution in [1.82, 2.24) is 5.43 Å². The summed E-state index contributed by atoms with van der Waals surface area (Å²) in [5, 5.41) is 3.94. The minimum Gasteiger partial charge on any atom is -0.462 e. The molecule has 0 saturated heterocycles. The number of hydrogen-bond acceptors (Lipinski definition) is 7. The highest BCUT2D eigenvalue weighted by Gasteiger charge is 2.14. The molecule has 31 heavy (non-hydrogen) atoms. The molecule has 0 radical (unpaired) electrons. The van der Waals surface area contributed by atoms with Crippen LogP contribution in [0.3, 0.4) is 0 Å². The predicted octanol–water partition coefficient (Wildman–Crippen LogP) is 3.54. The first-order chi connectivity index (χ1) is 15.1. The van der Waals surface area contributed by atoms with Crippen LogP contribution in [0.15, 0.2) is 64.1 Å². The molecule has 1 aromatic heterocycles. The van der Waals surface area contributed by atoms with Crippen LogP contribution in [-0.2, 0) is 16.0 Å². The number of rotatable bonds is 7. The SMILES string of the molecule is CCOC(=O)c1ccc(-c2ccc(/C=N\NC(=O)Cc3ccc4c(c3)OCO4)o2)cc1. The molecule has 1 N–H and O–H groups in total. The van der Waals surface area contributed by atoms with Crippen molar-refractivity contribution >= 4 is 18.1 Å². The van der Waals surface area contributed by atoms with E-state index in [2.05, 4.69) is 10.5 Å². The molecule has 0 aliphatic carbocycles. The lowest BCUT2D eigenvalue weighted by atomic mass is 10.1. The Balaban J connectivity index is 1.32. The summed E-state index contributed by atoms with van der Waals surface area (Å²) < 4.78 is 21.3. The van der Waals surface area contributed by atoms with Gasteiger partial charge in [-0.1, -0.05) is 18.2 Å². The molecule has 2 aromatic carbocycles. The standard InChI is InChI=1S/C23H20N2O6/c1-2-28-23(27)17-6-4-16(5-7-17)19-10-8-18(31-19)13-24-25-22(26)12-15-3-9-20-21(11-15)30-14-29-20/h3-11,13H,2,12,14H2,1H3,(H,25,26)/b24-13-. The summed E-state index contributed by atoms with van der Waals surface area (Å²) in [6.07, 6.45) is 1.58. The summed E-state index contributed by atoms with van der Waals surface area (Å²) in [7, 11) is 0. The maximum Gasteiger partial charge on any atom is 0.338 e. The Morgan fingerprint density at radius 2 is 1.87 bits per heavy atom. The molecular weight excluding hydrogens is 400 g/mol. The number of furan rings is 1. The van der Waals surface area contributed by atoms with Crippen LogP contribution in [0, 0.1) is 0 Å². The average molecular weight is 420 g/mol. The third-order valence-corrected chi connectivity index (χ3v) is 4.49. The minimum absolute atomic E-state index is 0.157. The van der Waals surface area contributed by atoms with Crippen molar-refractivity contribution in [1.29, 1.82) is 0 Å². The van der Waals surface area contributed by atoms with E-state index in [9.17, 15) is 9.59 Å². The van der Waals surface area contributed by atoms with Crippen LogP contribution in [0.25, 0.3) is 11.3 Å².